The van der Waals surface area contributed by atoms with Crippen LogP contribution in [0.1, 0.15) is 22.8 Å². The number of pyridine rings is 1. The Morgan fingerprint density at radius 2 is 2.06 bits per heavy atom. The highest BCUT2D eigenvalue weighted by Crippen LogP contribution is 2.41. The molecule has 31 heavy (non-hydrogen) atoms. The number of rotatable bonds is 4. The summed E-state index contributed by atoms with van der Waals surface area (Å²) in [6, 6.07) is 4.21. The van der Waals surface area contributed by atoms with E-state index < -0.39 is 19.1 Å². The van der Waals surface area contributed by atoms with Crippen molar-refractivity contribution in [3.63, 3.8) is 0 Å². The second-order valence-corrected chi connectivity index (χ2v) is 7.52. The Balaban J connectivity index is 1.56. The van der Waals surface area contributed by atoms with Gasteiger partial charge < -0.3 is 19.1 Å². The second-order valence-electron chi connectivity index (χ2n) is 7.52. The van der Waals surface area contributed by atoms with E-state index in [9.17, 15) is 18.8 Å². The van der Waals surface area contributed by atoms with Gasteiger partial charge in [-0.25, -0.2) is 18.6 Å². The number of hydrogen-bond donors (Lipinski definition) is 0. The van der Waals surface area contributed by atoms with Gasteiger partial charge in [0.25, 0.3) is 6.43 Å². The Morgan fingerprint density at radius 1 is 1.32 bits per heavy atom. The normalized spacial score (nSPS) is 16.0. The first-order chi connectivity index (χ1) is 14.9. The highest BCUT2D eigenvalue weighted by Gasteiger charge is 2.31. The van der Waals surface area contributed by atoms with Crippen molar-refractivity contribution in [2.45, 2.75) is 19.8 Å². The van der Waals surface area contributed by atoms with Crippen LogP contribution in [-0.2, 0) is 18.2 Å². The van der Waals surface area contributed by atoms with E-state index in [0.29, 0.717) is 38.2 Å². The van der Waals surface area contributed by atoms with Gasteiger partial charge >= 0.3 is 6.09 Å². The summed E-state index contributed by atoms with van der Waals surface area (Å²) in [7, 11) is 1.91. The van der Waals surface area contributed by atoms with Gasteiger partial charge in [0.15, 0.2) is 6.61 Å². The third-order valence-electron chi connectivity index (χ3n) is 5.64. The van der Waals surface area contributed by atoms with Crippen LogP contribution in [0.4, 0.5) is 19.3 Å². The molecule has 2 aliphatic rings. The smallest absolute Gasteiger partial charge is 0.410 e. The minimum atomic E-state index is -2.68. The lowest BCUT2D eigenvalue weighted by molar-refractivity contribution is 0.0311. The molecule has 1 fully saturated rings. The predicted molar refractivity (Wildman–Crippen MR) is 109 cm³/mol. The lowest BCUT2D eigenvalue weighted by Gasteiger charge is -2.36. The third-order valence-corrected chi connectivity index (χ3v) is 5.64. The van der Waals surface area contributed by atoms with Gasteiger partial charge in [-0.05, 0) is 13.0 Å². The van der Waals surface area contributed by atoms with Gasteiger partial charge in [0.2, 0.25) is 0 Å². The minimum absolute atomic E-state index is 0.344. The van der Waals surface area contributed by atoms with E-state index in [0.717, 1.165) is 34.0 Å². The molecule has 1 saturated heterocycles. The average Bonchev–Trinajstić information content (AvgIpc) is 3.31. The van der Waals surface area contributed by atoms with Crippen molar-refractivity contribution < 1.29 is 18.3 Å². The van der Waals surface area contributed by atoms with Gasteiger partial charge in [0, 0.05) is 68.9 Å². The van der Waals surface area contributed by atoms with E-state index in [1.54, 1.807) is 6.20 Å². The largest absolute Gasteiger partial charge is 0.443 e. The maximum absolute atomic E-state index is 12.3. The number of aryl methyl sites for hydroxylation is 2. The Hall–Kier alpha value is -3.48. The summed E-state index contributed by atoms with van der Waals surface area (Å²) < 4.78 is 31.1. The molecule has 0 spiro atoms. The number of anilines is 1. The fourth-order valence-corrected chi connectivity index (χ4v) is 3.97. The van der Waals surface area contributed by atoms with Crippen LogP contribution in [0.25, 0.3) is 11.1 Å². The number of fused-ring (bicyclic) bond motifs is 1. The van der Waals surface area contributed by atoms with Crippen LogP contribution >= 0.6 is 0 Å². The standard InChI is InChI=1S/C21H22F2N6O2/c1-13-26-17(11-27(13)2)14-9-16-20(15(14)10-24)18(3-4-25-16)28-5-7-29(8-6-28)21(30)31-12-19(22)23/h3-4,11,19H,5-9,12H2,1-2H3. The van der Waals surface area contributed by atoms with E-state index in [-0.39, 0.29) is 0 Å². The predicted octanol–water partition coefficient (Wildman–Crippen LogP) is 2.64. The fraction of sp³-hybridized carbons (Fsp3) is 0.429. The number of imidazole rings is 1. The SMILES string of the molecule is Cc1nc(C2=C(C#N)c3c(N4CCN(C(=O)OCC(F)F)CC4)ccnc3C2)cn1C. The number of aromatic nitrogens is 3. The Bertz CT molecular complexity index is 1060. The van der Waals surface area contributed by atoms with Crippen molar-refractivity contribution in [1.82, 2.24) is 19.4 Å². The van der Waals surface area contributed by atoms with Crippen LogP contribution in [0.15, 0.2) is 18.5 Å². The maximum Gasteiger partial charge on any atom is 0.410 e. The minimum Gasteiger partial charge on any atom is -0.443 e. The van der Waals surface area contributed by atoms with Gasteiger partial charge in [-0.2, -0.15) is 5.26 Å². The van der Waals surface area contributed by atoms with Crippen molar-refractivity contribution in [2.24, 2.45) is 7.05 Å². The molecule has 0 unspecified atom stereocenters. The van der Waals surface area contributed by atoms with Crippen molar-refractivity contribution in [3.8, 4) is 6.07 Å². The molecule has 0 aromatic carbocycles. The Labute approximate surface area is 178 Å². The molecule has 162 valence electrons. The van der Waals surface area contributed by atoms with Gasteiger partial charge in [-0.1, -0.05) is 0 Å². The summed E-state index contributed by atoms with van der Waals surface area (Å²) in [5.74, 6) is 0.860. The third kappa shape index (κ3) is 3.95. The topological polar surface area (TPSA) is 87.3 Å². The molecule has 10 heteroatoms. The molecule has 0 radical (unpaired) electrons. The molecule has 4 rings (SSSR count). The molecular weight excluding hydrogens is 406 g/mol. The van der Waals surface area contributed by atoms with Gasteiger partial charge in [0.1, 0.15) is 11.9 Å². The number of carbonyl (C=O) groups excluding carboxylic acids is 1. The van der Waals surface area contributed by atoms with Gasteiger partial charge in [-0.15, -0.1) is 0 Å². The summed E-state index contributed by atoms with van der Waals surface area (Å²) >= 11 is 0. The first kappa shape index (κ1) is 20.8. The van der Waals surface area contributed by atoms with Gasteiger partial charge in [0.05, 0.1) is 17.0 Å². The molecule has 8 nitrogen and oxygen atoms in total. The zero-order valence-corrected chi connectivity index (χ0v) is 17.3. The lowest BCUT2D eigenvalue weighted by Crippen LogP contribution is -2.49. The highest BCUT2D eigenvalue weighted by molar-refractivity contribution is 6.04. The molecule has 0 atom stereocenters. The van der Waals surface area contributed by atoms with Crippen LogP contribution in [-0.4, -0.2) is 64.7 Å². The first-order valence-corrected chi connectivity index (χ1v) is 9.95. The molecule has 2 aromatic heterocycles. The first-order valence-electron chi connectivity index (χ1n) is 9.95. The number of allylic oxidation sites excluding steroid dienone is 2. The molecule has 0 saturated carbocycles. The summed E-state index contributed by atoms with van der Waals surface area (Å²) in [6.07, 6.45) is 0.752. The Kier molecular flexibility index (Phi) is 5.59. The number of halogens is 2. The molecule has 1 amide bonds. The van der Waals surface area contributed by atoms with E-state index in [1.165, 1.54) is 4.90 Å². The molecular formula is C21H22F2N6O2. The van der Waals surface area contributed by atoms with E-state index in [1.807, 2.05) is 30.8 Å². The monoisotopic (exact) mass is 428 g/mol. The van der Waals surface area contributed by atoms with Crippen molar-refractivity contribution >= 4 is 22.9 Å². The molecule has 3 heterocycles. The van der Waals surface area contributed by atoms with Crippen LogP contribution in [0.5, 0.6) is 0 Å². The summed E-state index contributed by atoms with van der Waals surface area (Å²) in [4.78, 5) is 24.5. The number of hydrogen-bond acceptors (Lipinski definition) is 6. The number of nitriles is 1. The van der Waals surface area contributed by atoms with Crippen LogP contribution < -0.4 is 4.90 Å². The summed E-state index contributed by atoms with van der Waals surface area (Å²) in [5.41, 5.74) is 4.70. The number of carbonyl (C=O) groups is 1. The summed E-state index contributed by atoms with van der Waals surface area (Å²) in [5, 5.41) is 9.94. The lowest BCUT2D eigenvalue weighted by atomic mass is 10.0. The van der Waals surface area contributed by atoms with Crippen LogP contribution in [0, 0.1) is 18.3 Å². The van der Waals surface area contributed by atoms with Crippen molar-refractivity contribution in [3.05, 3.63) is 41.2 Å². The second kappa shape index (κ2) is 8.34. The quantitative estimate of drug-likeness (QED) is 0.744. The highest BCUT2D eigenvalue weighted by atomic mass is 19.3. The van der Waals surface area contributed by atoms with E-state index >= 15 is 0 Å². The van der Waals surface area contributed by atoms with Crippen LogP contribution in [0.3, 0.4) is 0 Å². The summed E-state index contributed by atoms with van der Waals surface area (Å²) in [6.45, 7) is 2.69. The molecule has 1 aliphatic heterocycles. The van der Waals surface area contributed by atoms with Crippen LogP contribution in [0.2, 0.25) is 0 Å². The van der Waals surface area contributed by atoms with Crippen molar-refractivity contribution in [1.29, 1.82) is 5.26 Å². The molecule has 0 bridgehead atoms. The van der Waals surface area contributed by atoms with Crippen molar-refractivity contribution in [2.75, 3.05) is 37.7 Å². The molecule has 1 aliphatic carbocycles. The zero-order valence-electron chi connectivity index (χ0n) is 17.3. The number of ether oxygens (including phenoxy) is 1. The fourth-order valence-electron chi connectivity index (χ4n) is 3.97. The van der Waals surface area contributed by atoms with E-state index in [4.69, 9.17) is 0 Å². The number of nitrogens with zero attached hydrogens (tertiary/aromatic N) is 6. The zero-order chi connectivity index (χ0) is 22.1. The maximum atomic E-state index is 12.3. The Morgan fingerprint density at radius 3 is 2.68 bits per heavy atom. The number of amides is 1. The van der Waals surface area contributed by atoms with E-state index in [2.05, 4.69) is 25.7 Å². The average molecular weight is 428 g/mol. The number of piperazine rings is 1. The molecule has 0 N–H and O–H groups in total. The van der Waals surface area contributed by atoms with Gasteiger partial charge in [-0.3, -0.25) is 4.98 Å². The number of alkyl halides is 2. The molecule has 2 aromatic rings.